The molecule has 0 bridgehead atoms. The number of benzene rings is 2. The molecule has 106 valence electrons. The number of halogens is 2. The fourth-order valence-electron chi connectivity index (χ4n) is 1.95. The molecule has 0 saturated heterocycles. The number of hydrogen-bond donors (Lipinski definition) is 1. The first-order valence-electron chi connectivity index (χ1n) is 6.38. The van der Waals surface area contributed by atoms with E-state index in [2.05, 4.69) is 29.8 Å². The molecule has 0 spiro atoms. The minimum atomic E-state index is -0.388. The zero-order chi connectivity index (χ0) is 14.7. The lowest BCUT2D eigenvalue weighted by molar-refractivity contribution is 0.275. The van der Waals surface area contributed by atoms with Gasteiger partial charge in [-0.2, -0.15) is 0 Å². The van der Waals surface area contributed by atoms with Crippen LogP contribution in [0.4, 0.5) is 4.39 Å². The van der Waals surface area contributed by atoms with Crippen LogP contribution in [-0.2, 0) is 6.61 Å². The van der Waals surface area contributed by atoms with Crippen LogP contribution in [0, 0.1) is 5.82 Å². The van der Waals surface area contributed by atoms with Gasteiger partial charge < -0.3 is 9.84 Å². The molecule has 0 unspecified atom stereocenters. The Hall–Kier alpha value is -1.39. The Morgan fingerprint density at radius 2 is 1.85 bits per heavy atom. The largest absolute Gasteiger partial charge is 0.457 e. The summed E-state index contributed by atoms with van der Waals surface area (Å²) in [5.74, 6) is 1.09. The van der Waals surface area contributed by atoms with Crippen molar-refractivity contribution in [2.75, 3.05) is 0 Å². The number of ether oxygens (including phenoxy) is 1. The maximum absolute atomic E-state index is 13.2. The Kier molecular flexibility index (Phi) is 4.78. The van der Waals surface area contributed by atoms with Gasteiger partial charge in [-0.25, -0.2) is 4.39 Å². The average Bonchev–Trinajstić information content (AvgIpc) is 2.42. The van der Waals surface area contributed by atoms with Crippen molar-refractivity contribution in [2.24, 2.45) is 0 Å². The van der Waals surface area contributed by atoms with Gasteiger partial charge in [0.15, 0.2) is 0 Å². The van der Waals surface area contributed by atoms with E-state index in [9.17, 15) is 9.50 Å². The SMILES string of the molecule is CC(C)c1cc(Br)ccc1Oc1ccc(F)cc1CO. The molecule has 0 saturated carbocycles. The molecule has 0 aliphatic heterocycles. The Bertz CT molecular complexity index is 611. The van der Waals surface area contributed by atoms with Gasteiger partial charge in [-0.15, -0.1) is 0 Å². The zero-order valence-corrected chi connectivity index (χ0v) is 12.9. The first kappa shape index (κ1) is 15.0. The zero-order valence-electron chi connectivity index (χ0n) is 11.4. The van der Waals surface area contributed by atoms with E-state index in [0.29, 0.717) is 23.0 Å². The Labute approximate surface area is 126 Å². The molecule has 2 aromatic rings. The van der Waals surface area contributed by atoms with Gasteiger partial charge >= 0.3 is 0 Å². The lowest BCUT2D eigenvalue weighted by Crippen LogP contribution is -1.97. The molecule has 0 fully saturated rings. The standard InChI is InChI=1S/C16H16BrFO2/c1-10(2)14-8-12(17)3-5-16(14)20-15-6-4-13(18)7-11(15)9-19/h3-8,10,19H,9H2,1-2H3. The molecule has 2 aromatic carbocycles. The van der Waals surface area contributed by atoms with Gasteiger partial charge in [-0.3, -0.25) is 0 Å². The first-order valence-corrected chi connectivity index (χ1v) is 7.17. The molecule has 4 heteroatoms. The number of rotatable bonds is 4. The maximum Gasteiger partial charge on any atom is 0.133 e. The lowest BCUT2D eigenvalue weighted by Gasteiger charge is -2.16. The van der Waals surface area contributed by atoms with E-state index in [1.807, 2.05) is 18.2 Å². The molecular weight excluding hydrogens is 323 g/mol. The van der Waals surface area contributed by atoms with Crippen LogP contribution in [0.1, 0.15) is 30.9 Å². The smallest absolute Gasteiger partial charge is 0.133 e. The van der Waals surface area contributed by atoms with E-state index in [0.717, 1.165) is 10.0 Å². The van der Waals surface area contributed by atoms with Gasteiger partial charge in [0.25, 0.3) is 0 Å². The summed E-state index contributed by atoms with van der Waals surface area (Å²) in [4.78, 5) is 0. The molecule has 0 amide bonds. The molecule has 0 radical (unpaired) electrons. The highest BCUT2D eigenvalue weighted by Crippen LogP contribution is 2.34. The molecule has 0 aromatic heterocycles. The molecule has 0 heterocycles. The number of aliphatic hydroxyl groups excluding tert-OH is 1. The summed E-state index contributed by atoms with van der Waals surface area (Å²) in [6, 6.07) is 9.90. The predicted molar refractivity (Wildman–Crippen MR) is 80.6 cm³/mol. The Morgan fingerprint density at radius 1 is 1.15 bits per heavy atom. The molecule has 20 heavy (non-hydrogen) atoms. The van der Waals surface area contributed by atoms with Gasteiger partial charge in [0.1, 0.15) is 17.3 Å². The van der Waals surface area contributed by atoms with Crippen LogP contribution in [0.15, 0.2) is 40.9 Å². The van der Waals surface area contributed by atoms with Crippen molar-refractivity contribution in [2.45, 2.75) is 26.4 Å². The quantitative estimate of drug-likeness (QED) is 0.850. The maximum atomic E-state index is 13.2. The average molecular weight is 339 g/mol. The normalized spacial score (nSPS) is 10.9. The van der Waals surface area contributed by atoms with Crippen LogP contribution in [-0.4, -0.2) is 5.11 Å². The Morgan fingerprint density at radius 3 is 2.50 bits per heavy atom. The second-order valence-electron chi connectivity index (χ2n) is 4.85. The highest BCUT2D eigenvalue weighted by Gasteiger charge is 2.12. The molecular formula is C16H16BrFO2. The fraction of sp³-hybridized carbons (Fsp3) is 0.250. The van der Waals surface area contributed by atoms with Crippen molar-refractivity contribution >= 4 is 15.9 Å². The topological polar surface area (TPSA) is 29.5 Å². The third-order valence-electron chi connectivity index (χ3n) is 3.01. The highest BCUT2D eigenvalue weighted by molar-refractivity contribution is 9.10. The van der Waals surface area contributed by atoms with Crippen molar-refractivity contribution in [3.05, 3.63) is 57.8 Å². The van der Waals surface area contributed by atoms with Crippen molar-refractivity contribution in [1.82, 2.24) is 0 Å². The van der Waals surface area contributed by atoms with Crippen molar-refractivity contribution in [3.63, 3.8) is 0 Å². The summed E-state index contributed by atoms with van der Waals surface area (Å²) in [5.41, 5.74) is 1.48. The first-order chi connectivity index (χ1) is 9.51. The monoisotopic (exact) mass is 338 g/mol. The van der Waals surface area contributed by atoms with E-state index < -0.39 is 0 Å². The fourth-order valence-corrected chi connectivity index (χ4v) is 2.33. The van der Waals surface area contributed by atoms with E-state index in [-0.39, 0.29) is 12.4 Å². The van der Waals surface area contributed by atoms with Gasteiger partial charge in [0, 0.05) is 10.0 Å². The Balaban J connectivity index is 2.39. The van der Waals surface area contributed by atoms with E-state index in [1.165, 1.54) is 18.2 Å². The summed E-state index contributed by atoms with van der Waals surface area (Å²) in [6.07, 6.45) is 0. The van der Waals surface area contributed by atoms with Gasteiger partial charge in [-0.05, 0) is 47.9 Å². The summed E-state index contributed by atoms with van der Waals surface area (Å²) < 4.78 is 20.0. The molecule has 0 aliphatic carbocycles. The predicted octanol–water partition coefficient (Wildman–Crippen LogP) is 5.00. The minimum absolute atomic E-state index is 0.263. The van der Waals surface area contributed by atoms with Crippen molar-refractivity contribution in [1.29, 1.82) is 0 Å². The van der Waals surface area contributed by atoms with Crippen LogP contribution in [0.5, 0.6) is 11.5 Å². The van der Waals surface area contributed by atoms with Crippen molar-refractivity contribution in [3.8, 4) is 11.5 Å². The summed E-state index contributed by atoms with van der Waals surface area (Å²) in [7, 11) is 0. The van der Waals surface area contributed by atoms with Crippen LogP contribution in [0.2, 0.25) is 0 Å². The number of aliphatic hydroxyl groups is 1. The summed E-state index contributed by atoms with van der Waals surface area (Å²) >= 11 is 3.44. The van der Waals surface area contributed by atoms with Gasteiger partial charge in [0.2, 0.25) is 0 Å². The number of hydrogen-bond acceptors (Lipinski definition) is 2. The lowest BCUT2D eigenvalue weighted by atomic mass is 10.0. The second-order valence-corrected chi connectivity index (χ2v) is 5.76. The van der Waals surface area contributed by atoms with Gasteiger partial charge in [-0.1, -0.05) is 29.8 Å². The van der Waals surface area contributed by atoms with Crippen LogP contribution < -0.4 is 4.74 Å². The molecule has 0 atom stereocenters. The van der Waals surface area contributed by atoms with E-state index in [1.54, 1.807) is 0 Å². The molecule has 2 nitrogen and oxygen atoms in total. The molecule has 0 aliphatic rings. The van der Waals surface area contributed by atoms with Crippen LogP contribution in [0.25, 0.3) is 0 Å². The second kappa shape index (κ2) is 6.37. The van der Waals surface area contributed by atoms with E-state index >= 15 is 0 Å². The van der Waals surface area contributed by atoms with Crippen LogP contribution in [0.3, 0.4) is 0 Å². The van der Waals surface area contributed by atoms with Gasteiger partial charge in [0.05, 0.1) is 6.61 Å². The minimum Gasteiger partial charge on any atom is -0.457 e. The van der Waals surface area contributed by atoms with E-state index in [4.69, 9.17) is 4.74 Å². The summed E-state index contributed by atoms with van der Waals surface area (Å²) in [5, 5.41) is 9.29. The third kappa shape index (κ3) is 3.38. The van der Waals surface area contributed by atoms with Crippen molar-refractivity contribution < 1.29 is 14.2 Å². The van der Waals surface area contributed by atoms with Crippen LogP contribution >= 0.6 is 15.9 Å². The third-order valence-corrected chi connectivity index (χ3v) is 3.50. The summed E-state index contributed by atoms with van der Waals surface area (Å²) in [6.45, 7) is 3.89. The molecule has 2 rings (SSSR count). The highest BCUT2D eigenvalue weighted by atomic mass is 79.9. The molecule has 1 N–H and O–H groups in total.